The third-order valence-electron chi connectivity index (χ3n) is 7.35. The molecule has 0 aliphatic rings. The predicted molar refractivity (Wildman–Crippen MR) is 151 cm³/mol. The number of unbranched alkanes of at least 4 members (excludes halogenated alkanes) is 23. The number of hydrogen-bond donors (Lipinski definition) is 1. The van der Waals surface area contributed by atoms with Gasteiger partial charge in [-0.25, -0.2) is 0 Å². The Morgan fingerprint density at radius 1 is 0.424 bits per heavy atom. The molecule has 1 aromatic rings. The van der Waals surface area contributed by atoms with Gasteiger partial charge >= 0.3 is 0 Å². The quantitative estimate of drug-likeness (QED) is 0.115. The van der Waals surface area contributed by atoms with Gasteiger partial charge in [0.05, 0.1) is 0 Å². The molecule has 0 aromatic heterocycles. The molecule has 0 amide bonds. The highest BCUT2D eigenvalue weighted by Gasteiger charge is 1.98. The molecule has 0 saturated carbocycles. The fraction of sp³-hybridized carbons (Fsp3) is 0.812. The van der Waals surface area contributed by atoms with Crippen LogP contribution in [0.15, 0.2) is 24.3 Å². The number of anilines is 1. The second-order valence-electron chi connectivity index (χ2n) is 10.6. The van der Waals surface area contributed by atoms with Crippen LogP contribution in [0.25, 0.3) is 0 Å². The number of nitrogens with two attached hydrogens (primary N) is 1. The average molecular weight is 458 g/mol. The van der Waals surface area contributed by atoms with Crippen molar-refractivity contribution < 1.29 is 0 Å². The lowest BCUT2D eigenvalue weighted by Gasteiger charge is -2.05. The Labute approximate surface area is 208 Å². The third-order valence-corrected chi connectivity index (χ3v) is 7.35. The van der Waals surface area contributed by atoms with Gasteiger partial charge in [-0.2, -0.15) is 0 Å². The molecule has 0 atom stereocenters. The van der Waals surface area contributed by atoms with Crippen LogP contribution in [0.5, 0.6) is 0 Å². The van der Waals surface area contributed by atoms with Crippen molar-refractivity contribution in [2.24, 2.45) is 0 Å². The van der Waals surface area contributed by atoms with Gasteiger partial charge in [0.2, 0.25) is 0 Å². The monoisotopic (exact) mass is 457 g/mol. The van der Waals surface area contributed by atoms with E-state index < -0.39 is 0 Å². The number of aryl methyl sites for hydroxylation is 1. The first-order chi connectivity index (χ1) is 16.3. The molecule has 1 aromatic carbocycles. The second-order valence-corrected chi connectivity index (χ2v) is 10.6. The van der Waals surface area contributed by atoms with E-state index in [9.17, 15) is 0 Å². The average Bonchev–Trinajstić information content (AvgIpc) is 2.83. The number of hydrogen-bond acceptors (Lipinski definition) is 1. The van der Waals surface area contributed by atoms with E-state index in [4.69, 9.17) is 5.73 Å². The largest absolute Gasteiger partial charge is 0.399 e. The maximum absolute atomic E-state index is 6.02. The topological polar surface area (TPSA) is 26.0 Å². The van der Waals surface area contributed by atoms with Gasteiger partial charge in [0.1, 0.15) is 0 Å². The lowest BCUT2D eigenvalue weighted by atomic mass is 10.0. The number of para-hydroxylation sites is 1. The summed E-state index contributed by atoms with van der Waals surface area (Å²) in [6.07, 6.45) is 35.9. The fourth-order valence-electron chi connectivity index (χ4n) is 5.04. The Bertz CT molecular complexity index is 509. The molecule has 1 rings (SSSR count). The van der Waals surface area contributed by atoms with Crippen LogP contribution in [-0.4, -0.2) is 0 Å². The molecule has 192 valence electrons. The van der Waals surface area contributed by atoms with E-state index in [-0.39, 0.29) is 0 Å². The van der Waals surface area contributed by atoms with Gasteiger partial charge in [-0.3, -0.25) is 0 Å². The standard InChI is InChI=1S/C32H59N/c1-2-3-4-5-6-7-8-9-10-11-12-13-14-15-16-17-18-19-20-21-22-23-24-25-28-31-29-26-27-30-32(31)33/h26-27,29-30H,2-25,28,33H2,1H3. The molecule has 0 heterocycles. The van der Waals surface area contributed by atoms with Crippen molar-refractivity contribution in [2.75, 3.05) is 5.73 Å². The van der Waals surface area contributed by atoms with Crippen LogP contribution in [0.3, 0.4) is 0 Å². The highest BCUT2D eigenvalue weighted by molar-refractivity contribution is 5.46. The molecule has 0 saturated heterocycles. The van der Waals surface area contributed by atoms with Crippen LogP contribution >= 0.6 is 0 Å². The van der Waals surface area contributed by atoms with E-state index in [1.165, 1.54) is 160 Å². The van der Waals surface area contributed by atoms with Crippen LogP contribution < -0.4 is 5.73 Å². The van der Waals surface area contributed by atoms with Crippen molar-refractivity contribution >= 4 is 5.69 Å². The molecule has 0 spiro atoms. The van der Waals surface area contributed by atoms with Crippen molar-refractivity contribution in [3.63, 3.8) is 0 Å². The first-order valence-electron chi connectivity index (χ1n) is 15.2. The molecule has 33 heavy (non-hydrogen) atoms. The molecule has 0 unspecified atom stereocenters. The third kappa shape index (κ3) is 20.1. The smallest absolute Gasteiger partial charge is 0.0346 e. The first-order valence-corrected chi connectivity index (χ1v) is 15.2. The zero-order valence-electron chi connectivity index (χ0n) is 22.6. The number of benzene rings is 1. The van der Waals surface area contributed by atoms with Crippen molar-refractivity contribution in [3.8, 4) is 0 Å². The summed E-state index contributed by atoms with van der Waals surface area (Å²) in [6.45, 7) is 2.30. The second kappa shape index (κ2) is 24.2. The minimum absolute atomic E-state index is 0.964. The summed E-state index contributed by atoms with van der Waals surface area (Å²) in [5.41, 5.74) is 8.31. The lowest BCUT2D eigenvalue weighted by molar-refractivity contribution is 0.517. The van der Waals surface area contributed by atoms with E-state index in [0.29, 0.717) is 0 Å². The Kier molecular flexibility index (Phi) is 22.0. The molecule has 0 fully saturated rings. The van der Waals surface area contributed by atoms with Crippen molar-refractivity contribution in [1.29, 1.82) is 0 Å². The number of nitrogen functional groups attached to an aromatic ring is 1. The highest BCUT2D eigenvalue weighted by Crippen LogP contribution is 2.17. The van der Waals surface area contributed by atoms with Gasteiger partial charge in [0.25, 0.3) is 0 Å². The van der Waals surface area contributed by atoms with Gasteiger partial charge in [0, 0.05) is 5.69 Å². The predicted octanol–water partition coefficient (Wildman–Crippen LogP) is 11.2. The summed E-state index contributed by atoms with van der Waals surface area (Å²) in [5.74, 6) is 0. The Morgan fingerprint density at radius 2 is 0.727 bits per heavy atom. The summed E-state index contributed by atoms with van der Waals surface area (Å²) in [6, 6.07) is 8.33. The van der Waals surface area contributed by atoms with Gasteiger partial charge in [-0.1, -0.05) is 173 Å². The summed E-state index contributed by atoms with van der Waals surface area (Å²) in [4.78, 5) is 0. The Morgan fingerprint density at radius 3 is 1.06 bits per heavy atom. The van der Waals surface area contributed by atoms with Gasteiger partial charge in [0.15, 0.2) is 0 Å². The highest BCUT2D eigenvalue weighted by atomic mass is 14.6. The molecular formula is C32H59N. The molecule has 1 heteroatoms. The van der Waals surface area contributed by atoms with Crippen LogP contribution in [-0.2, 0) is 6.42 Å². The van der Waals surface area contributed by atoms with Crippen LogP contribution in [0.4, 0.5) is 5.69 Å². The van der Waals surface area contributed by atoms with E-state index >= 15 is 0 Å². The Hall–Kier alpha value is -0.980. The normalized spacial score (nSPS) is 11.3. The van der Waals surface area contributed by atoms with E-state index in [1.807, 2.05) is 12.1 Å². The van der Waals surface area contributed by atoms with E-state index in [2.05, 4.69) is 19.1 Å². The fourth-order valence-corrected chi connectivity index (χ4v) is 5.04. The SMILES string of the molecule is CCCCCCCCCCCCCCCCCCCCCCCCCCc1ccccc1N. The molecule has 0 aliphatic carbocycles. The zero-order valence-corrected chi connectivity index (χ0v) is 22.6. The summed E-state index contributed by atoms with van der Waals surface area (Å²) in [5, 5.41) is 0. The zero-order chi connectivity index (χ0) is 23.7. The maximum atomic E-state index is 6.02. The molecule has 0 bridgehead atoms. The van der Waals surface area contributed by atoms with Gasteiger partial charge in [-0.05, 0) is 24.5 Å². The van der Waals surface area contributed by atoms with Gasteiger partial charge < -0.3 is 5.73 Å². The van der Waals surface area contributed by atoms with Crippen LogP contribution in [0.1, 0.15) is 167 Å². The molecular weight excluding hydrogens is 398 g/mol. The van der Waals surface area contributed by atoms with Crippen LogP contribution in [0.2, 0.25) is 0 Å². The van der Waals surface area contributed by atoms with Gasteiger partial charge in [-0.15, -0.1) is 0 Å². The lowest BCUT2D eigenvalue weighted by Crippen LogP contribution is -1.93. The van der Waals surface area contributed by atoms with Crippen LogP contribution in [0, 0.1) is 0 Å². The molecule has 1 nitrogen and oxygen atoms in total. The van der Waals surface area contributed by atoms with Crippen molar-refractivity contribution in [1.82, 2.24) is 0 Å². The summed E-state index contributed by atoms with van der Waals surface area (Å²) < 4.78 is 0. The minimum Gasteiger partial charge on any atom is -0.399 e. The summed E-state index contributed by atoms with van der Waals surface area (Å²) >= 11 is 0. The Balaban J connectivity index is 1.67. The first kappa shape index (κ1) is 30.1. The molecule has 2 N–H and O–H groups in total. The van der Waals surface area contributed by atoms with Crippen molar-refractivity contribution in [3.05, 3.63) is 29.8 Å². The molecule has 0 radical (unpaired) electrons. The van der Waals surface area contributed by atoms with E-state index in [0.717, 1.165) is 12.1 Å². The maximum Gasteiger partial charge on any atom is 0.0346 e. The van der Waals surface area contributed by atoms with Crippen molar-refractivity contribution in [2.45, 2.75) is 167 Å². The summed E-state index contributed by atoms with van der Waals surface area (Å²) in [7, 11) is 0. The molecule has 0 aliphatic heterocycles. The van der Waals surface area contributed by atoms with E-state index in [1.54, 1.807) is 0 Å². The minimum atomic E-state index is 0.964. The number of rotatable bonds is 25.